The zero-order valence-electron chi connectivity index (χ0n) is 11.9. The van der Waals surface area contributed by atoms with Crippen LogP contribution in [0.15, 0.2) is 42.5 Å². The third-order valence-electron chi connectivity index (χ3n) is 3.91. The van der Waals surface area contributed by atoms with E-state index in [2.05, 4.69) is 65.7 Å². The van der Waals surface area contributed by atoms with Gasteiger partial charge in [0, 0.05) is 5.56 Å². The van der Waals surface area contributed by atoms with Gasteiger partial charge in [-0.2, -0.15) is 0 Å². The number of aromatic nitrogens is 3. The first-order valence-electron chi connectivity index (χ1n) is 7.17. The van der Waals surface area contributed by atoms with E-state index in [0.29, 0.717) is 5.92 Å². The van der Waals surface area contributed by atoms with Gasteiger partial charge in [0.05, 0.1) is 5.52 Å². The molecule has 20 heavy (non-hydrogen) atoms. The Morgan fingerprint density at radius 2 is 1.90 bits per heavy atom. The number of fused-ring (bicyclic) bond motifs is 1. The molecule has 3 nitrogen and oxygen atoms in total. The Labute approximate surface area is 119 Å². The topological polar surface area (TPSA) is 41.6 Å². The molecule has 2 aromatic carbocycles. The Balaban J connectivity index is 2.19. The Kier molecular flexibility index (Phi) is 3.50. The fourth-order valence-electron chi connectivity index (χ4n) is 2.57. The third kappa shape index (κ3) is 2.31. The number of rotatable bonds is 4. The van der Waals surface area contributed by atoms with Gasteiger partial charge in [-0.3, -0.25) is 5.10 Å². The molecule has 0 amide bonds. The lowest BCUT2D eigenvalue weighted by atomic mass is 9.91. The molecule has 1 aromatic heterocycles. The highest BCUT2D eigenvalue weighted by atomic mass is 15.3. The Morgan fingerprint density at radius 3 is 2.65 bits per heavy atom. The van der Waals surface area contributed by atoms with Crippen molar-refractivity contribution in [3.8, 4) is 11.1 Å². The summed E-state index contributed by atoms with van der Waals surface area (Å²) >= 11 is 0. The monoisotopic (exact) mass is 265 g/mol. The van der Waals surface area contributed by atoms with Gasteiger partial charge in [0.25, 0.3) is 0 Å². The maximum absolute atomic E-state index is 4.28. The first-order chi connectivity index (χ1) is 9.79. The van der Waals surface area contributed by atoms with Gasteiger partial charge >= 0.3 is 0 Å². The normalized spacial score (nSPS) is 12.7. The van der Waals surface area contributed by atoms with E-state index in [9.17, 15) is 0 Å². The van der Waals surface area contributed by atoms with E-state index in [4.69, 9.17) is 0 Å². The maximum Gasteiger partial charge on any atom is 0.121 e. The van der Waals surface area contributed by atoms with E-state index in [-0.39, 0.29) is 0 Å². The first-order valence-corrected chi connectivity index (χ1v) is 7.17. The summed E-state index contributed by atoms with van der Waals surface area (Å²) in [6.07, 6.45) is 2.26. The first kappa shape index (κ1) is 12.9. The standard InChI is InChI=1S/C17H19N3/c1-3-12(2)11-14-9-10-15-17(19-20-18-15)16(14)13-7-5-4-6-8-13/h4-10,12H,3,11H2,1-2H3,(H,18,19,20). The lowest BCUT2D eigenvalue weighted by Crippen LogP contribution is -2.00. The maximum atomic E-state index is 4.28. The summed E-state index contributed by atoms with van der Waals surface area (Å²) in [6, 6.07) is 14.8. The van der Waals surface area contributed by atoms with Crippen LogP contribution in [0.4, 0.5) is 0 Å². The van der Waals surface area contributed by atoms with Crippen LogP contribution in [-0.4, -0.2) is 15.4 Å². The number of benzene rings is 2. The second kappa shape index (κ2) is 5.45. The summed E-state index contributed by atoms with van der Waals surface area (Å²) in [5.41, 5.74) is 5.75. The molecular formula is C17H19N3. The number of H-pyrrole nitrogens is 1. The van der Waals surface area contributed by atoms with Crippen LogP contribution in [-0.2, 0) is 6.42 Å². The van der Waals surface area contributed by atoms with Gasteiger partial charge in [0.1, 0.15) is 5.52 Å². The summed E-state index contributed by atoms with van der Waals surface area (Å²) in [5.74, 6) is 0.668. The Morgan fingerprint density at radius 1 is 1.10 bits per heavy atom. The van der Waals surface area contributed by atoms with Crippen molar-refractivity contribution < 1.29 is 0 Å². The zero-order chi connectivity index (χ0) is 13.9. The predicted octanol–water partition coefficient (Wildman–Crippen LogP) is 4.21. The Bertz CT molecular complexity index is 701. The van der Waals surface area contributed by atoms with Gasteiger partial charge in [-0.05, 0) is 29.5 Å². The van der Waals surface area contributed by atoms with Crippen molar-refractivity contribution in [2.75, 3.05) is 0 Å². The van der Waals surface area contributed by atoms with Crippen molar-refractivity contribution in [2.24, 2.45) is 5.92 Å². The van der Waals surface area contributed by atoms with E-state index in [1.54, 1.807) is 0 Å². The van der Waals surface area contributed by atoms with Crippen LogP contribution in [0.5, 0.6) is 0 Å². The van der Waals surface area contributed by atoms with Crippen LogP contribution in [0, 0.1) is 5.92 Å². The largest absolute Gasteiger partial charge is 0.258 e. The van der Waals surface area contributed by atoms with E-state index in [1.165, 1.54) is 23.1 Å². The van der Waals surface area contributed by atoms with Crippen LogP contribution >= 0.6 is 0 Å². The molecule has 3 rings (SSSR count). The molecule has 0 bridgehead atoms. The minimum absolute atomic E-state index is 0.668. The van der Waals surface area contributed by atoms with Crippen molar-refractivity contribution in [2.45, 2.75) is 26.7 Å². The summed E-state index contributed by atoms with van der Waals surface area (Å²) in [4.78, 5) is 0. The van der Waals surface area contributed by atoms with E-state index in [0.717, 1.165) is 17.5 Å². The molecule has 1 heterocycles. The fraction of sp³-hybridized carbons (Fsp3) is 0.294. The number of hydrogen-bond donors (Lipinski definition) is 1. The average molecular weight is 265 g/mol. The highest BCUT2D eigenvalue weighted by Gasteiger charge is 2.14. The van der Waals surface area contributed by atoms with Crippen LogP contribution in [0.3, 0.4) is 0 Å². The number of nitrogens with one attached hydrogen (secondary N) is 1. The van der Waals surface area contributed by atoms with Gasteiger partial charge in [0.2, 0.25) is 0 Å². The molecule has 0 aliphatic carbocycles. The molecule has 1 atom stereocenters. The molecule has 0 fully saturated rings. The highest BCUT2D eigenvalue weighted by molar-refractivity contribution is 5.93. The van der Waals surface area contributed by atoms with Crippen LogP contribution in [0.25, 0.3) is 22.2 Å². The van der Waals surface area contributed by atoms with Crippen molar-refractivity contribution in [1.29, 1.82) is 0 Å². The molecule has 1 N–H and O–H groups in total. The van der Waals surface area contributed by atoms with Gasteiger partial charge < -0.3 is 0 Å². The molecule has 0 saturated heterocycles. The predicted molar refractivity (Wildman–Crippen MR) is 82.5 cm³/mol. The summed E-state index contributed by atoms with van der Waals surface area (Å²) in [5, 5.41) is 11.2. The molecule has 1 unspecified atom stereocenters. The summed E-state index contributed by atoms with van der Waals surface area (Å²) in [6.45, 7) is 4.53. The smallest absolute Gasteiger partial charge is 0.121 e. The van der Waals surface area contributed by atoms with Crippen molar-refractivity contribution in [3.05, 3.63) is 48.0 Å². The Hall–Kier alpha value is -2.16. The van der Waals surface area contributed by atoms with Gasteiger partial charge in [0.15, 0.2) is 0 Å². The third-order valence-corrected chi connectivity index (χ3v) is 3.91. The van der Waals surface area contributed by atoms with Gasteiger partial charge in [-0.15, -0.1) is 5.10 Å². The average Bonchev–Trinajstić information content (AvgIpc) is 2.96. The molecular weight excluding hydrogens is 246 g/mol. The number of hydrogen-bond acceptors (Lipinski definition) is 2. The lowest BCUT2D eigenvalue weighted by molar-refractivity contribution is 0.561. The molecule has 3 heteroatoms. The fourth-order valence-corrected chi connectivity index (χ4v) is 2.57. The number of nitrogens with zero attached hydrogens (tertiary/aromatic N) is 2. The molecule has 3 aromatic rings. The minimum Gasteiger partial charge on any atom is -0.258 e. The highest BCUT2D eigenvalue weighted by Crippen LogP contribution is 2.31. The van der Waals surface area contributed by atoms with Crippen molar-refractivity contribution >= 4 is 11.0 Å². The molecule has 0 radical (unpaired) electrons. The molecule has 0 aliphatic heterocycles. The van der Waals surface area contributed by atoms with E-state index in [1.807, 2.05) is 6.07 Å². The lowest BCUT2D eigenvalue weighted by Gasteiger charge is -2.14. The van der Waals surface area contributed by atoms with Crippen LogP contribution in [0.2, 0.25) is 0 Å². The van der Waals surface area contributed by atoms with E-state index < -0.39 is 0 Å². The van der Waals surface area contributed by atoms with Gasteiger partial charge in [-0.25, -0.2) is 0 Å². The van der Waals surface area contributed by atoms with Gasteiger partial charge in [-0.1, -0.05) is 61.9 Å². The molecule has 0 saturated carbocycles. The number of aromatic amines is 1. The second-order valence-electron chi connectivity index (χ2n) is 5.39. The molecule has 0 spiro atoms. The minimum atomic E-state index is 0.668. The van der Waals surface area contributed by atoms with Crippen molar-refractivity contribution in [3.63, 3.8) is 0 Å². The zero-order valence-corrected chi connectivity index (χ0v) is 11.9. The van der Waals surface area contributed by atoms with Crippen molar-refractivity contribution in [1.82, 2.24) is 15.4 Å². The molecule has 102 valence electrons. The molecule has 0 aliphatic rings. The van der Waals surface area contributed by atoms with E-state index >= 15 is 0 Å². The van der Waals surface area contributed by atoms with Crippen LogP contribution < -0.4 is 0 Å². The summed E-state index contributed by atoms with van der Waals surface area (Å²) in [7, 11) is 0. The quantitative estimate of drug-likeness (QED) is 0.767. The van der Waals surface area contributed by atoms with Crippen LogP contribution in [0.1, 0.15) is 25.8 Å². The SMILES string of the molecule is CCC(C)Cc1ccc2[nH]nnc2c1-c1ccccc1. The second-order valence-corrected chi connectivity index (χ2v) is 5.39. The summed E-state index contributed by atoms with van der Waals surface area (Å²) < 4.78 is 0.